The predicted octanol–water partition coefficient (Wildman–Crippen LogP) is 7.44. The fourth-order valence-electron chi connectivity index (χ4n) is 4.61. The normalized spacial score (nSPS) is 15.3. The number of carbonyl (C=O) groups excluding carboxylic acids is 2. The summed E-state index contributed by atoms with van der Waals surface area (Å²) in [6, 6.07) is 23.1. The van der Waals surface area contributed by atoms with Crippen LogP contribution < -0.4 is 18.9 Å². The summed E-state index contributed by atoms with van der Waals surface area (Å²) in [6.45, 7) is 2.86. The van der Waals surface area contributed by atoms with Gasteiger partial charge in [0.25, 0.3) is 11.1 Å². The van der Waals surface area contributed by atoms with Gasteiger partial charge in [-0.3, -0.25) is 14.5 Å². The summed E-state index contributed by atoms with van der Waals surface area (Å²) in [5.41, 5.74) is 2.38. The smallest absolute Gasteiger partial charge is 0.293 e. The molecule has 1 fully saturated rings. The average Bonchev–Trinajstić information content (AvgIpc) is 3.51. The number of hydrogen-bond acceptors (Lipinski definition) is 7. The fourth-order valence-corrected chi connectivity index (χ4v) is 5.67. The van der Waals surface area contributed by atoms with Gasteiger partial charge >= 0.3 is 0 Å². The molecule has 0 saturated carbocycles. The van der Waals surface area contributed by atoms with Crippen molar-refractivity contribution < 1.29 is 28.5 Å². The van der Waals surface area contributed by atoms with Crippen LogP contribution in [0.3, 0.4) is 0 Å². The van der Waals surface area contributed by atoms with E-state index in [-0.39, 0.29) is 18.6 Å². The second-order valence-electron chi connectivity index (χ2n) is 9.13. The van der Waals surface area contributed by atoms with Crippen LogP contribution in [0.15, 0.2) is 77.7 Å². The van der Waals surface area contributed by atoms with Crippen molar-refractivity contribution in [1.82, 2.24) is 4.90 Å². The highest BCUT2D eigenvalue weighted by Gasteiger charge is 2.35. The molecule has 2 aliphatic heterocycles. The first-order valence-electron chi connectivity index (χ1n) is 12.7. The Labute approximate surface area is 240 Å². The maximum absolute atomic E-state index is 13.2. The van der Waals surface area contributed by atoms with Crippen LogP contribution in [0.25, 0.3) is 16.8 Å². The second kappa shape index (κ2) is 11.2. The monoisotopic (exact) mass is 573 g/mol. The van der Waals surface area contributed by atoms with E-state index in [1.807, 2.05) is 49.4 Å². The van der Waals surface area contributed by atoms with E-state index < -0.39 is 5.91 Å². The van der Waals surface area contributed by atoms with Gasteiger partial charge in [0.15, 0.2) is 23.0 Å². The molecular formula is C31H24ClNO6S. The molecule has 0 radical (unpaired) electrons. The highest BCUT2D eigenvalue weighted by Crippen LogP contribution is 2.40. The third kappa shape index (κ3) is 5.20. The maximum atomic E-state index is 13.2. The standard InChI is InChI=1S/C31H24ClNO6S/c1-2-36-26-12-19(10-11-25(26)37-17-21-8-5-7-20-6-3-4-9-23(20)21)13-29-30(34)33(31(35)40-29)16-22-14-27-28(15-24(22)32)39-18-38-27/h3-15H,2,16-18H2,1H3/b29-13-. The van der Waals surface area contributed by atoms with Crippen LogP contribution in [0.1, 0.15) is 23.6 Å². The highest BCUT2D eigenvalue weighted by molar-refractivity contribution is 8.18. The Morgan fingerprint density at radius 2 is 1.73 bits per heavy atom. The van der Waals surface area contributed by atoms with Gasteiger partial charge in [0.1, 0.15) is 6.61 Å². The number of nitrogens with zero attached hydrogens (tertiary/aromatic N) is 1. The molecule has 0 unspecified atom stereocenters. The number of fused-ring (bicyclic) bond motifs is 2. The Morgan fingerprint density at radius 1 is 0.925 bits per heavy atom. The van der Waals surface area contributed by atoms with Gasteiger partial charge in [-0.2, -0.15) is 0 Å². The van der Waals surface area contributed by atoms with Crippen LogP contribution in [-0.2, 0) is 17.9 Å². The zero-order chi connectivity index (χ0) is 27.6. The number of amides is 2. The highest BCUT2D eigenvalue weighted by atomic mass is 35.5. The summed E-state index contributed by atoms with van der Waals surface area (Å²) >= 11 is 7.26. The molecule has 0 aliphatic carbocycles. The SMILES string of the molecule is CCOc1cc(/C=C2\SC(=O)N(Cc3cc4c(cc3Cl)OCO4)C2=O)ccc1OCc1cccc2ccccc12. The van der Waals surface area contributed by atoms with Crippen molar-refractivity contribution in [1.29, 1.82) is 0 Å². The van der Waals surface area contributed by atoms with Crippen LogP contribution in [-0.4, -0.2) is 29.4 Å². The quantitative estimate of drug-likeness (QED) is 0.203. The van der Waals surface area contributed by atoms with Crippen molar-refractivity contribution in [3.8, 4) is 23.0 Å². The minimum Gasteiger partial charge on any atom is -0.490 e. The molecule has 2 aliphatic rings. The van der Waals surface area contributed by atoms with E-state index in [0.717, 1.165) is 28.1 Å². The lowest BCUT2D eigenvalue weighted by Crippen LogP contribution is -2.27. The van der Waals surface area contributed by atoms with E-state index in [2.05, 4.69) is 18.2 Å². The maximum Gasteiger partial charge on any atom is 0.293 e. The van der Waals surface area contributed by atoms with Crippen LogP contribution in [0.5, 0.6) is 23.0 Å². The summed E-state index contributed by atoms with van der Waals surface area (Å²) in [4.78, 5) is 27.4. The summed E-state index contributed by atoms with van der Waals surface area (Å²) in [6.07, 6.45) is 1.68. The van der Waals surface area contributed by atoms with Crippen molar-refractivity contribution in [2.45, 2.75) is 20.1 Å². The molecule has 0 spiro atoms. The molecule has 9 heteroatoms. The fraction of sp³-hybridized carbons (Fsp3) is 0.161. The first-order valence-corrected chi connectivity index (χ1v) is 13.9. The van der Waals surface area contributed by atoms with E-state index in [1.165, 1.54) is 4.90 Å². The summed E-state index contributed by atoms with van der Waals surface area (Å²) in [7, 11) is 0. The Balaban J connectivity index is 1.20. The van der Waals surface area contributed by atoms with Gasteiger partial charge in [0.05, 0.1) is 18.1 Å². The summed E-state index contributed by atoms with van der Waals surface area (Å²) < 4.78 is 22.8. The third-order valence-corrected chi connectivity index (χ3v) is 7.83. The molecule has 0 aromatic heterocycles. The molecule has 2 heterocycles. The van der Waals surface area contributed by atoms with Crippen LogP contribution in [0, 0.1) is 0 Å². The van der Waals surface area contributed by atoms with Crippen molar-refractivity contribution in [2.75, 3.05) is 13.4 Å². The van der Waals surface area contributed by atoms with Crippen molar-refractivity contribution in [3.63, 3.8) is 0 Å². The number of hydrogen-bond donors (Lipinski definition) is 0. The van der Waals surface area contributed by atoms with Gasteiger partial charge in [-0.05, 0) is 70.4 Å². The van der Waals surface area contributed by atoms with Gasteiger partial charge in [0, 0.05) is 11.1 Å². The number of rotatable bonds is 8. The average molecular weight is 574 g/mol. The molecule has 0 bridgehead atoms. The van der Waals surface area contributed by atoms with Gasteiger partial charge in [-0.1, -0.05) is 60.1 Å². The number of halogens is 1. The molecule has 4 aromatic carbocycles. The van der Waals surface area contributed by atoms with Gasteiger partial charge in [0.2, 0.25) is 6.79 Å². The lowest BCUT2D eigenvalue weighted by atomic mass is 10.1. The molecule has 4 aromatic rings. The Kier molecular flexibility index (Phi) is 7.28. The number of ether oxygens (including phenoxy) is 4. The number of thioether (sulfide) groups is 1. The van der Waals surface area contributed by atoms with Crippen LogP contribution in [0.2, 0.25) is 5.02 Å². The lowest BCUT2D eigenvalue weighted by Gasteiger charge is -2.14. The lowest BCUT2D eigenvalue weighted by molar-refractivity contribution is -0.123. The van der Waals surface area contributed by atoms with E-state index in [9.17, 15) is 9.59 Å². The van der Waals surface area contributed by atoms with E-state index in [1.54, 1.807) is 18.2 Å². The molecule has 202 valence electrons. The molecular weight excluding hydrogens is 550 g/mol. The van der Waals surface area contributed by atoms with Gasteiger partial charge < -0.3 is 18.9 Å². The molecule has 2 amide bonds. The summed E-state index contributed by atoms with van der Waals surface area (Å²) in [5.74, 6) is 1.84. The number of carbonyl (C=O) groups is 2. The largest absolute Gasteiger partial charge is 0.490 e. The number of benzene rings is 4. The molecule has 7 nitrogen and oxygen atoms in total. The van der Waals surface area contributed by atoms with Crippen molar-refractivity contribution in [2.24, 2.45) is 0 Å². The molecule has 40 heavy (non-hydrogen) atoms. The molecule has 1 saturated heterocycles. The predicted molar refractivity (Wildman–Crippen MR) is 155 cm³/mol. The zero-order valence-corrected chi connectivity index (χ0v) is 23.1. The Bertz CT molecular complexity index is 1660. The molecule has 0 atom stereocenters. The minimum atomic E-state index is -0.391. The van der Waals surface area contributed by atoms with Crippen LogP contribution >= 0.6 is 23.4 Å². The first-order chi connectivity index (χ1) is 19.5. The van der Waals surface area contributed by atoms with E-state index in [0.29, 0.717) is 57.3 Å². The van der Waals surface area contributed by atoms with Gasteiger partial charge in [-0.15, -0.1) is 0 Å². The van der Waals surface area contributed by atoms with E-state index >= 15 is 0 Å². The Hall–Kier alpha value is -4.14. The second-order valence-corrected chi connectivity index (χ2v) is 10.5. The minimum absolute atomic E-state index is 0.0304. The topological polar surface area (TPSA) is 74.3 Å². The third-order valence-electron chi connectivity index (χ3n) is 6.57. The van der Waals surface area contributed by atoms with Crippen LogP contribution in [0.4, 0.5) is 4.79 Å². The van der Waals surface area contributed by atoms with Gasteiger partial charge in [-0.25, -0.2) is 0 Å². The molecule has 6 rings (SSSR count). The number of imide groups is 1. The first kappa shape index (κ1) is 26.1. The zero-order valence-electron chi connectivity index (χ0n) is 21.5. The van der Waals surface area contributed by atoms with Crippen molar-refractivity contribution in [3.05, 3.63) is 99.4 Å². The Morgan fingerprint density at radius 3 is 2.58 bits per heavy atom. The molecule has 0 N–H and O–H groups in total. The van der Waals surface area contributed by atoms with E-state index in [4.69, 9.17) is 30.5 Å². The summed E-state index contributed by atoms with van der Waals surface area (Å²) in [5, 5.41) is 2.31. The van der Waals surface area contributed by atoms with Crippen molar-refractivity contribution >= 4 is 51.4 Å².